The van der Waals surface area contributed by atoms with Crippen LogP contribution in [0.5, 0.6) is 0 Å². The van der Waals surface area contributed by atoms with Crippen LogP contribution in [0.4, 0.5) is 5.95 Å². The number of hydrogen-bond acceptors (Lipinski definition) is 4. The van der Waals surface area contributed by atoms with Crippen LogP contribution in [0, 0.1) is 0 Å². The maximum atomic E-state index is 5.17. The molecule has 4 nitrogen and oxygen atoms in total. The summed E-state index contributed by atoms with van der Waals surface area (Å²) in [6.45, 7) is 3.71. The molecule has 0 saturated carbocycles. The Labute approximate surface area is 112 Å². The van der Waals surface area contributed by atoms with Crippen LogP contribution in [-0.2, 0) is 11.2 Å². The zero-order chi connectivity index (χ0) is 12.8. The van der Waals surface area contributed by atoms with Crippen molar-refractivity contribution < 1.29 is 4.74 Å². The Morgan fingerprint density at radius 3 is 3.17 bits per heavy atom. The molecule has 0 aromatic carbocycles. The van der Waals surface area contributed by atoms with E-state index >= 15 is 0 Å². The minimum Gasteiger partial charge on any atom is -0.383 e. The van der Waals surface area contributed by atoms with E-state index in [1.165, 1.54) is 4.88 Å². The van der Waals surface area contributed by atoms with Crippen LogP contribution in [0.1, 0.15) is 17.8 Å². The van der Waals surface area contributed by atoms with Gasteiger partial charge in [0.2, 0.25) is 5.95 Å². The minimum absolute atomic E-state index is 0.293. The van der Waals surface area contributed by atoms with E-state index in [-0.39, 0.29) is 0 Å². The molecule has 0 radical (unpaired) electrons. The van der Waals surface area contributed by atoms with Crippen LogP contribution < -0.4 is 5.32 Å². The maximum absolute atomic E-state index is 5.17. The van der Waals surface area contributed by atoms with E-state index in [4.69, 9.17) is 4.74 Å². The lowest BCUT2D eigenvalue weighted by atomic mass is 10.3. The number of nitrogens with zero attached hydrogens (tertiary/aromatic N) is 2. The molecular weight excluding hydrogens is 246 g/mol. The molecule has 2 rings (SSSR count). The third-order valence-corrected chi connectivity index (χ3v) is 3.72. The Balaban J connectivity index is 1.87. The van der Waals surface area contributed by atoms with E-state index in [1.807, 2.05) is 12.4 Å². The Bertz CT molecular complexity index is 453. The molecular formula is C13H19N3OS. The predicted molar refractivity (Wildman–Crippen MR) is 75.3 cm³/mol. The summed E-state index contributed by atoms with van der Waals surface area (Å²) in [5.74, 6) is 0.913. The van der Waals surface area contributed by atoms with E-state index in [0.717, 1.165) is 18.9 Å². The third kappa shape index (κ3) is 3.34. The summed E-state index contributed by atoms with van der Waals surface area (Å²) in [4.78, 5) is 5.73. The molecule has 0 aliphatic carbocycles. The van der Waals surface area contributed by atoms with Crippen molar-refractivity contribution in [2.24, 2.45) is 0 Å². The summed E-state index contributed by atoms with van der Waals surface area (Å²) in [7, 11) is 1.72. The molecule has 0 aliphatic rings. The molecule has 1 N–H and O–H groups in total. The summed E-state index contributed by atoms with van der Waals surface area (Å²) in [6.07, 6.45) is 4.83. The molecule has 0 amide bonds. The summed E-state index contributed by atoms with van der Waals surface area (Å²) in [5.41, 5.74) is 0. The number of rotatable bonds is 7. The summed E-state index contributed by atoms with van der Waals surface area (Å²) in [5, 5.41) is 5.48. The van der Waals surface area contributed by atoms with Crippen molar-refractivity contribution in [1.82, 2.24) is 9.55 Å². The largest absolute Gasteiger partial charge is 0.383 e. The fourth-order valence-electron chi connectivity index (χ4n) is 1.88. The number of aromatic nitrogens is 2. The Morgan fingerprint density at radius 2 is 2.44 bits per heavy atom. The molecule has 18 heavy (non-hydrogen) atoms. The Hall–Kier alpha value is -1.33. The van der Waals surface area contributed by atoms with Gasteiger partial charge in [0.15, 0.2) is 0 Å². The van der Waals surface area contributed by atoms with Gasteiger partial charge in [-0.25, -0.2) is 4.98 Å². The lowest BCUT2D eigenvalue weighted by Gasteiger charge is -2.15. The maximum Gasteiger partial charge on any atom is 0.203 e. The van der Waals surface area contributed by atoms with Crippen molar-refractivity contribution in [2.75, 3.05) is 25.6 Å². The Morgan fingerprint density at radius 1 is 1.56 bits per heavy atom. The lowest BCUT2D eigenvalue weighted by Crippen LogP contribution is -2.15. The molecule has 5 heteroatoms. The SMILES string of the molecule is COCC(C)n1ccnc1NCCc1cccs1. The summed E-state index contributed by atoms with van der Waals surface area (Å²) < 4.78 is 7.28. The first kappa shape index (κ1) is 13.1. The van der Waals surface area contributed by atoms with Crippen molar-refractivity contribution in [2.45, 2.75) is 19.4 Å². The van der Waals surface area contributed by atoms with Gasteiger partial charge < -0.3 is 14.6 Å². The van der Waals surface area contributed by atoms with Gasteiger partial charge in [-0.15, -0.1) is 11.3 Å². The fourth-order valence-corrected chi connectivity index (χ4v) is 2.59. The number of imidazole rings is 1. The van der Waals surface area contributed by atoms with Crippen LogP contribution in [0.15, 0.2) is 29.9 Å². The molecule has 1 atom stereocenters. The molecule has 0 bridgehead atoms. The number of methoxy groups -OCH3 is 1. The van der Waals surface area contributed by atoms with Crippen molar-refractivity contribution in [1.29, 1.82) is 0 Å². The van der Waals surface area contributed by atoms with E-state index in [0.29, 0.717) is 12.6 Å². The normalized spacial score (nSPS) is 12.6. The number of thiophene rings is 1. The monoisotopic (exact) mass is 265 g/mol. The summed E-state index contributed by atoms with van der Waals surface area (Å²) >= 11 is 1.79. The molecule has 98 valence electrons. The molecule has 0 aliphatic heterocycles. The fraction of sp³-hybridized carbons (Fsp3) is 0.462. The van der Waals surface area contributed by atoms with Crippen LogP contribution >= 0.6 is 11.3 Å². The van der Waals surface area contributed by atoms with Crippen LogP contribution in [-0.4, -0.2) is 29.8 Å². The van der Waals surface area contributed by atoms with Gasteiger partial charge in [0.25, 0.3) is 0 Å². The highest BCUT2D eigenvalue weighted by molar-refractivity contribution is 7.09. The van der Waals surface area contributed by atoms with Gasteiger partial charge in [-0.3, -0.25) is 0 Å². The number of anilines is 1. The molecule has 0 spiro atoms. The lowest BCUT2D eigenvalue weighted by molar-refractivity contribution is 0.163. The first-order valence-corrected chi connectivity index (χ1v) is 6.97. The van der Waals surface area contributed by atoms with E-state index in [2.05, 4.69) is 39.3 Å². The van der Waals surface area contributed by atoms with Crippen LogP contribution in [0.2, 0.25) is 0 Å². The zero-order valence-corrected chi connectivity index (χ0v) is 11.6. The molecule has 0 saturated heterocycles. The van der Waals surface area contributed by atoms with Crippen LogP contribution in [0.25, 0.3) is 0 Å². The third-order valence-electron chi connectivity index (χ3n) is 2.79. The second kappa shape index (κ2) is 6.56. The van der Waals surface area contributed by atoms with Crippen LogP contribution in [0.3, 0.4) is 0 Å². The molecule has 1 unspecified atom stereocenters. The average Bonchev–Trinajstić information content (AvgIpc) is 3.00. The van der Waals surface area contributed by atoms with Gasteiger partial charge >= 0.3 is 0 Å². The van der Waals surface area contributed by atoms with Crippen molar-refractivity contribution in [3.8, 4) is 0 Å². The predicted octanol–water partition coefficient (Wildman–Crippen LogP) is 2.81. The minimum atomic E-state index is 0.293. The van der Waals surface area contributed by atoms with E-state index in [1.54, 1.807) is 18.4 Å². The average molecular weight is 265 g/mol. The topological polar surface area (TPSA) is 39.1 Å². The first-order chi connectivity index (χ1) is 8.81. The van der Waals surface area contributed by atoms with Crippen molar-refractivity contribution in [3.63, 3.8) is 0 Å². The van der Waals surface area contributed by atoms with Crippen molar-refractivity contribution >= 4 is 17.3 Å². The Kier molecular flexibility index (Phi) is 4.78. The molecule has 0 fully saturated rings. The van der Waals surface area contributed by atoms with E-state index in [9.17, 15) is 0 Å². The highest BCUT2D eigenvalue weighted by Crippen LogP contribution is 2.14. The van der Waals surface area contributed by atoms with Crippen molar-refractivity contribution in [3.05, 3.63) is 34.8 Å². The number of ether oxygens (including phenoxy) is 1. The summed E-state index contributed by atoms with van der Waals surface area (Å²) in [6, 6.07) is 4.54. The standard InChI is InChI=1S/C13H19N3OS/c1-11(10-17-2)16-8-7-15-13(16)14-6-5-12-4-3-9-18-12/h3-4,7-9,11H,5-6,10H2,1-2H3,(H,14,15). The highest BCUT2D eigenvalue weighted by atomic mass is 32.1. The molecule has 2 aromatic rings. The van der Waals surface area contributed by atoms with Gasteiger partial charge in [-0.2, -0.15) is 0 Å². The second-order valence-corrected chi connectivity index (χ2v) is 5.25. The van der Waals surface area contributed by atoms with E-state index < -0.39 is 0 Å². The number of hydrogen-bond donors (Lipinski definition) is 1. The van der Waals surface area contributed by atoms with Gasteiger partial charge in [-0.05, 0) is 24.8 Å². The molecule has 2 aromatic heterocycles. The first-order valence-electron chi connectivity index (χ1n) is 6.09. The smallest absolute Gasteiger partial charge is 0.203 e. The number of nitrogens with one attached hydrogen (secondary N) is 1. The van der Waals surface area contributed by atoms with Gasteiger partial charge in [-0.1, -0.05) is 6.07 Å². The molecule has 2 heterocycles. The highest BCUT2D eigenvalue weighted by Gasteiger charge is 2.09. The quantitative estimate of drug-likeness (QED) is 0.836. The second-order valence-electron chi connectivity index (χ2n) is 4.22. The van der Waals surface area contributed by atoms with Gasteiger partial charge in [0, 0.05) is 30.9 Å². The van der Waals surface area contributed by atoms with Gasteiger partial charge in [0.1, 0.15) is 0 Å². The van der Waals surface area contributed by atoms with Gasteiger partial charge in [0.05, 0.1) is 12.6 Å². The zero-order valence-electron chi connectivity index (χ0n) is 10.8.